The average molecular weight is 237 g/mol. The van der Waals surface area contributed by atoms with E-state index >= 15 is 0 Å². The second kappa shape index (κ2) is 5.21. The molecule has 0 fully saturated rings. The highest BCUT2D eigenvalue weighted by atomic mass is 16.1. The summed E-state index contributed by atoms with van der Waals surface area (Å²) < 4.78 is 0. The molecule has 0 amide bonds. The Morgan fingerprint density at radius 3 is 2.61 bits per heavy atom. The number of carbonyl (C=O) groups excluding carboxylic acids is 2. The first-order chi connectivity index (χ1) is 8.72. The van der Waals surface area contributed by atoms with Gasteiger partial charge < -0.3 is 0 Å². The maximum atomic E-state index is 11.4. The summed E-state index contributed by atoms with van der Waals surface area (Å²) in [6.45, 7) is 1.52. The van der Waals surface area contributed by atoms with Crippen LogP contribution < -0.4 is 0 Å². The minimum atomic E-state index is 0.00761. The van der Waals surface area contributed by atoms with Gasteiger partial charge in [0.1, 0.15) is 0 Å². The lowest BCUT2D eigenvalue weighted by Gasteiger charge is -2.05. The van der Waals surface area contributed by atoms with Crippen LogP contribution in [0.4, 0.5) is 5.69 Å². The Hall–Kier alpha value is -2.51. The van der Waals surface area contributed by atoms with E-state index in [1.807, 2.05) is 24.3 Å². The van der Waals surface area contributed by atoms with E-state index in [1.54, 1.807) is 24.3 Å². The summed E-state index contributed by atoms with van der Waals surface area (Å²) in [5.74, 6) is 0.00761. The van der Waals surface area contributed by atoms with Gasteiger partial charge in [0.25, 0.3) is 0 Å². The number of hydrogen-bond acceptors (Lipinski definition) is 3. The lowest BCUT2D eigenvalue weighted by atomic mass is 10.0. The SMILES string of the molecule is CC(=O)c1cccc(-c2ccccc2N=C=O)c1. The number of rotatable bonds is 3. The van der Waals surface area contributed by atoms with E-state index < -0.39 is 0 Å². The van der Waals surface area contributed by atoms with Gasteiger partial charge in [-0.1, -0.05) is 36.4 Å². The van der Waals surface area contributed by atoms with Crippen molar-refractivity contribution in [3.05, 3.63) is 54.1 Å². The monoisotopic (exact) mass is 237 g/mol. The second-order valence-corrected chi connectivity index (χ2v) is 3.86. The summed E-state index contributed by atoms with van der Waals surface area (Å²) in [4.78, 5) is 25.4. The Bertz CT molecular complexity index is 640. The van der Waals surface area contributed by atoms with Crippen molar-refractivity contribution in [3.63, 3.8) is 0 Å². The van der Waals surface area contributed by atoms with Gasteiger partial charge in [0, 0.05) is 11.1 Å². The highest BCUT2D eigenvalue weighted by molar-refractivity contribution is 5.95. The van der Waals surface area contributed by atoms with Crippen molar-refractivity contribution in [3.8, 4) is 11.1 Å². The smallest absolute Gasteiger partial charge is 0.240 e. The molecule has 3 nitrogen and oxygen atoms in total. The van der Waals surface area contributed by atoms with E-state index in [-0.39, 0.29) is 5.78 Å². The van der Waals surface area contributed by atoms with Gasteiger partial charge in [0.2, 0.25) is 6.08 Å². The van der Waals surface area contributed by atoms with E-state index in [2.05, 4.69) is 4.99 Å². The average Bonchev–Trinajstić information content (AvgIpc) is 2.40. The fourth-order valence-electron chi connectivity index (χ4n) is 1.77. The third-order valence-electron chi connectivity index (χ3n) is 2.65. The van der Waals surface area contributed by atoms with Crippen LogP contribution in [0.3, 0.4) is 0 Å². The van der Waals surface area contributed by atoms with Crippen LogP contribution in [0.25, 0.3) is 11.1 Å². The summed E-state index contributed by atoms with van der Waals surface area (Å²) in [5.41, 5.74) is 2.85. The predicted molar refractivity (Wildman–Crippen MR) is 69.7 cm³/mol. The first kappa shape index (κ1) is 12.0. The van der Waals surface area contributed by atoms with Crippen LogP contribution in [0.1, 0.15) is 17.3 Å². The number of ketones is 1. The fourth-order valence-corrected chi connectivity index (χ4v) is 1.77. The third-order valence-corrected chi connectivity index (χ3v) is 2.65. The quantitative estimate of drug-likeness (QED) is 0.465. The van der Waals surface area contributed by atoms with Crippen molar-refractivity contribution in [1.82, 2.24) is 0 Å². The second-order valence-electron chi connectivity index (χ2n) is 3.86. The molecule has 0 unspecified atom stereocenters. The number of nitrogens with zero attached hydrogens (tertiary/aromatic N) is 1. The molecular formula is C15H11NO2. The number of benzene rings is 2. The highest BCUT2D eigenvalue weighted by Crippen LogP contribution is 2.30. The van der Waals surface area contributed by atoms with Crippen molar-refractivity contribution in [2.45, 2.75) is 6.92 Å². The molecule has 0 aliphatic rings. The summed E-state index contributed by atoms with van der Waals surface area (Å²) in [6.07, 6.45) is 1.54. The van der Waals surface area contributed by atoms with Crippen LogP contribution in [0, 0.1) is 0 Å². The van der Waals surface area contributed by atoms with Crippen LogP contribution in [0.2, 0.25) is 0 Å². The number of para-hydroxylation sites is 1. The first-order valence-corrected chi connectivity index (χ1v) is 5.50. The summed E-state index contributed by atoms with van der Waals surface area (Å²) in [6, 6.07) is 14.5. The lowest BCUT2D eigenvalue weighted by molar-refractivity contribution is 0.101. The van der Waals surface area contributed by atoms with Crippen molar-refractivity contribution < 1.29 is 9.59 Å². The maximum absolute atomic E-state index is 11.4. The van der Waals surface area contributed by atoms with E-state index in [9.17, 15) is 9.59 Å². The van der Waals surface area contributed by atoms with Gasteiger partial charge in [-0.15, -0.1) is 0 Å². The Kier molecular flexibility index (Phi) is 3.46. The molecule has 0 saturated heterocycles. The van der Waals surface area contributed by atoms with Gasteiger partial charge in [-0.25, -0.2) is 4.79 Å². The van der Waals surface area contributed by atoms with E-state index in [4.69, 9.17) is 0 Å². The number of carbonyl (C=O) groups is 1. The minimum Gasteiger partial charge on any atom is -0.295 e. The molecule has 0 radical (unpaired) electrons. The molecule has 0 bridgehead atoms. The van der Waals surface area contributed by atoms with Gasteiger partial charge in [-0.2, -0.15) is 4.99 Å². The highest BCUT2D eigenvalue weighted by Gasteiger charge is 2.06. The number of Topliss-reactive ketones (excluding diaryl/α,β-unsaturated/α-hetero) is 1. The van der Waals surface area contributed by atoms with Gasteiger partial charge in [0.05, 0.1) is 5.69 Å². The van der Waals surface area contributed by atoms with Gasteiger partial charge in [-0.3, -0.25) is 4.79 Å². The van der Waals surface area contributed by atoms with Crippen molar-refractivity contribution >= 4 is 17.6 Å². The molecule has 0 saturated carbocycles. The molecular weight excluding hydrogens is 226 g/mol. The van der Waals surface area contributed by atoms with Gasteiger partial charge in [-0.05, 0) is 24.6 Å². The summed E-state index contributed by atoms with van der Waals surface area (Å²) in [7, 11) is 0. The van der Waals surface area contributed by atoms with Crippen molar-refractivity contribution in [2.24, 2.45) is 4.99 Å². The Balaban J connectivity index is 2.58. The zero-order valence-corrected chi connectivity index (χ0v) is 9.88. The van der Waals surface area contributed by atoms with Crippen molar-refractivity contribution in [1.29, 1.82) is 0 Å². The number of aliphatic imine (C=N–C) groups is 1. The molecule has 18 heavy (non-hydrogen) atoms. The Morgan fingerprint density at radius 2 is 1.89 bits per heavy atom. The molecule has 0 heterocycles. The zero-order chi connectivity index (χ0) is 13.0. The number of hydrogen-bond donors (Lipinski definition) is 0. The van der Waals surface area contributed by atoms with E-state index in [0.29, 0.717) is 11.3 Å². The summed E-state index contributed by atoms with van der Waals surface area (Å²) >= 11 is 0. The molecule has 0 aliphatic carbocycles. The zero-order valence-electron chi connectivity index (χ0n) is 9.88. The summed E-state index contributed by atoms with van der Waals surface area (Å²) in [5, 5.41) is 0. The molecule has 2 rings (SSSR count). The Morgan fingerprint density at radius 1 is 1.11 bits per heavy atom. The van der Waals surface area contributed by atoms with Crippen LogP contribution in [0.15, 0.2) is 53.5 Å². The van der Waals surface area contributed by atoms with Crippen LogP contribution in [0.5, 0.6) is 0 Å². The topological polar surface area (TPSA) is 46.5 Å². The fraction of sp³-hybridized carbons (Fsp3) is 0.0667. The van der Waals surface area contributed by atoms with Crippen LogP contribution in [-0.4, -0.2) is 11.9 Å². The van der Waals surface area contributed by atoms with Crippen molar-refractivity contribution in [2.75, 3.05) is 0 Å². The molecule has 0 aromatic heterocycles. The van der Waals surface area contributed by atoms with Crippen LogP contribution >= 0.6 is 0 Å². The van der Waals surface area contributed by atoms with E-state index in [1.165, 1.54) is 13.0 Å². The minimum absolute atomic E-state index is 0.00761. The molecule has 3 heteroatoms. The standard InChI is InChI=1S/C15H11NO2/c1-11(18)12-5-4-6-13(9-12)14-7-2-3-8-15(14)16-10-17/h2-9H,1H3. The molecule has 0 aliphatic heterocycles. The van der Waals surface area contributed by atoms with E-state index in [0.717, 1.165) is 11.1 Å². The molecule has 2 aromatic rings. The Labute approximate surface area is 105 Å². The molecule has 2 aromatic carbocycles. The number of isocyanates is 1. The normalized spacial score (nSPS) is 9.61. The molecule has 0 spiro atoms. The van der Waals surface area contributed by atoms with Crippen LogP contribution in [-0.2, 0) is 4.79 Å². The predicted octanol–water partition coefficient (Wildman–Crippen LogP) is 3.52. The third kappa shape index (κ3) is 2.42. The maximum Gasteiger partial charge on any atom is 0.240 e. The molecule has 88 valence electrons. The molecule has 0 N–H and O–H groups in total. The largest absolute Gasteiger partial charge is 0.295 e. The molecule has 0 atom stereocenters. The van der Waals surface area contributed by atoms with Gasteiger partial charge in [0.15, 0.2) is 5.78 Å². The van der Waals surface area contributed by atoms with Gasteiger partial charge >= 0.3 is 0 Å². The first-order valence-electron chi connectivity index (χ1n) is 5.50. The lowest BCUT2D eigenvalue weighted by Crippen LogP contribution is -1.91.